The Morgan fingerprint density at radius 2 is 2.09 bits per heavy atom. The van der Waals surface area contributed by atoms with Crippen LogP contribution in [-0.2, 0) is 6.42 Å². The van der Waals surface area contributed by atoms with Crippen molar-refractivity contribution >= 4 is 5.91 Å². The Labute approximate surface area is 127 Å². The molecule has 0 spiro atoms. The highest BCUT2D eigenvalue weighted by atomic mass is 16.7. The van der Waals surface area contributed by atoms with Crippen LogP contribution >= 0.6 is 0 Å². The number of hydrogen-bond donors (Lipinski definition) is 1. The minimum Gasteiger partial charge on any atom is -0.454 e. The lowest BCUT2D eigenvalue weighted by Gasteiger charge is -2.04. The molecule has 2 aliphatic rings. The van der Waals surface area contributed by atoms with Gasteiger partial charge >= 0.3 is 0 Å². The quantitative estimate of drug-likeness (QED) is 0.916. The summed E-state index contributed by atoms with van der Waals surface area (Å²) < 4.78 is 15.8. The molecule has 1 aliphatic heterocycles. The second-order valence-electron chi connectivity index (χ2n) is 5.58. The summed E-state index contributed by atoms with van der Waals surface area (Å²) in [6.45, 7) is 0.801. The lowest BCUT2D eigenvalue weighted by Crippen LogP contribution is -2.25. The molecule has 1 N–H and O–H groups in total. The first kappa shape index (κ1) is 13.2. The van der Waals surface area contributed by atoms with Crippen LogP contribution in [0.25, 0.3) is 0 Å². The van der Waals surface area contributed by atoms with Gasteiger partial charge in [-0.2, -0.15) is 0 Å². The lowest BCUT2D eigenvalue weighted by atomic mass is 10.1. The van der Waals surface area contributed by atoms with E-state index in [1.165, 1.54) is 0 Å². The minimum absolute atomic E-state index is 0.198. The molecule has 1 fully saturated rings. The number of ether oxygens (including phenoxy) is 2. The molecule has 0 radical (unpaired) electrons. The summed E-state index contributed by atoms with van der Waals surface area (Å²) in [5.41, 5.74) is 1.44. The fourth-order valence-corrected chi connectivity index (χ4v) is 2.46. The minimum atomic E-state index is -0.198. The summed E-state index contributed by atoms with van der Waals surface area (Å²) in [7, 11) is 0. The summed E-state index contributed by atoms with van der Waals surface area (Å²) in [5.74, 6) is 2.61. The van der Waals surface area contributed by atoms with E-state index in [1.807, 2.05) is 18.2 Å². The van der Waals surface area contributed by atoms with Gasteiger partial charge in [0.2, 0.25) is 6.79 Å². The lowest BCUT2D eigenvalue weighted by molar-refractivity contribution is 0.0945. The topological polar surface area (TPSA) is 73.6 Å². The van der Waals surface area contributed by atoms with Crippen molar-refractivity contribution in [3.63, 3.8) is 0 Å². The van der Waals surface area contributed by atoms with Gasteiger partial charge < -0.3 is 19.3 Å². The van der Waals surface area contributed by atoms with Crippen molar-refractivity contribution < 1.29 is 18.8 Å². The van der Waals surface area contributed by atoms with Crippen molar-refractivity contribution in [3.05, 3.63) is 41.3 Å². The Kier molecular flexibility index (Phi) is 3.21. The third-order valence-electron chi connectivity index (χ3n) is 3.88. The second kappa shape index (κ2) is 5.36. The Morgan fingerprint density at radius 1 is 1.23 bits per heavy atom. The van der Waals surface area contributed by atoms with Crippen molar-refractivity contribution in [1.82, 2.24) is 10.5 Å². The molecule has 0 saturated heterocycles. The number of fused-ring (bicyclic) bond motifs is 1. The molecule has 1 aromatic heterocycles. The first-order chi connectivity index (χ1) is 10.8. The zero-order valence-corrected chi connectivity index (χ0v) is 12.0. The van der Waals surface area contributed by atoms with Crippen LogP contribution in [0.5, 0.6) is 11.5 Å². The van der Waals surface area contributed by atoms with Crippen LogP contribution in [0.2, 0.25) is 0 Å². The molecule has 0 bridgehead atoms. The SMILES string of the molecule is O=C(NCCc1ccc2c(c1)OCO2)c1cc(C2CC2)on1. The number of benzene rings is 1. The Hall–Kier alpha value is -2.50. The summed E-state index contributed by atoms with van der Waals surface area (Å²) in [6.07, 6.45) is 2.97. The smallest absolute Gasteiger partial charge is 0.273 e. The van der Waals surface area contributed by atoms with Crippen molar-refractivity contribution in [2.45, 2.75) is 25.2 Å². The molecule has 6 nitrogen and oxygen atoms in total. The van der Waals surface area contributed by atoms with E-state index in [0.717, 1.165) is 42.1 Å². The monoisotopic (exact) mass is 300 g/mol. The van der Waals surface area contributed by atoms with Gasteiger partial charge in [-0.05, 0) is 37.0 Å². The van der Waals surface area contributed by atoms with E-state index in [-0.39, 0.29) is 12.7 Å². The van der Waals surface area contributed by atoms with Crippen molar-refractivity contribution in [3.8, 4) is 11.5 Å². The third kappa shape index (κ3) is 2.64. The number of aromatic nitrogens is 1. The van der Waals surface area contributed by atoms with Crippen LogP contribution in [0.3, 0.4) is 0 Å². The fourth-order valence-electron chi connectivity index (χ4n) is 2.46. The van der Waals surface area contributed by atoms with Crippen LogP contribution in [0.15, 0.2) is 28.8 Å². The first-order valence-corrected chi connectivity index (χ1v) is 7.43. The highest BCUT2D eigenvalue weighted by Gasteiger charge is 2.28. The number of nitrogens with zero attached hydrogens (tertiary/aromatic N) is 1. The highest BCUT2D eigenvalue weighted by Crippen LogP contribution is 2.40. The van der Waals surface area contributed by atoms with Gasteiger partial charge in [0.1, 0.15) is 5.76 Å². The fraction of sp³-hybridized carbons (Fsp3) is 0.375. The predicted molar refractivity (Wildman–Crippen MR) is 77.1 cm³/mol. The highest BCUT2D eigenvalue weighted by molar-refractivity contribution is 5.92. The molecule has 1 aliphatic carbocycles. The molecular weight excluding hydrogens is 284 g/mol. The number of carbonyl (C=O) groups is 1. The molecule has 1 saturated carbocycles. The van der Waals surface area contributed by atoms with Crippen LogP contribution in [0, 0.1) is 0 Å². The van der Waals surface area contributed by atoms with Gasteiger partial charge in [-0.3, -0.25) is 4.79 Å². The van der Waals surface area contributed by atoms with E-state index in [1.54, 1.807) is 6.07 Å². The number of rotatable bonds is 5. The third-order valence-corrected chi connectivity index (χ3v) is 3.88. The Bertz CT molecular complexity index is 706. The van der Waals surface area contributed by atoms with E-state index in [9.17, 15) is 4.79 Å². The maximum Gasteiger partial charge on any atom is 0.273 e. The molecule has 2 heterocycles. The van der Waals surface area contributed by atoms with Crippen molar-refractivity contribution in [2.75, 3.05) is 13.3 Å². The molecular formula is C16H16N2O4. The van der Waals surface area contributed by atoms with Gasteiger partial charge in [0.15, 0.2) is 17.2 Å². The summed E-state index contributed by atoms with van der Waals surface area (Å²) >= 11 is 0. The molecule has 0 unspecified atom stereocenters. The second-order valence-corrected chi connectivity index (χ2v) is 5.58. The Morgan fingerprint density at radius 3 is 2.95 bits per heavy atom. The first-order valence-electron chi connectivity index (χ1n) is 7.43. The zero-order chi connectivity index (χ0) is 14.9. The van der Waals surface area contributed by atoms with E-state index < -0.39 is 0 Å². The van der Waals surface area contributed by atoms with Crippen molar-refractivity contribution in [2.24, 2.45) is 0 Å². The molecule has 1 aromatic carbocycles. The van der Waals surface area contributed by atoms with Gasteiger partial charge in [0.25, 0.3) is 5.91 Å². The maximum absolute atomic E-state index is 12.0. The average molecular weight is 300 g/mol. The van der Waals surface area contributed by atoms with Crippen LogP contribution < -0.4 is 14.8 Å². The van der Waals surface area contributed by atoms with Crippen molar-refractivity contribution in [1.29, 1.82) is 0 Å². The molecule has 0 atom stereocenters. The largest absolute Gasteiger partial charge is 0.454 e. The van der Waals surface area contributed by atoms with Crippen LogP contribution in [0.1, 0.15) is 40.6 Å². The summed E-state index contributed by atoms with van der Waals surface area (Å²) in [4.78, 5) is 12.0. The van der Waals surface area contributed by atoms with E-state index >= 15 is 0 Å². The molecule has 2 aromatic rings. The van der Waals surface area contributed by atoms with E-state index in [0.29, 0.717) is 18.2 Å². The number of amides is 1. The molecule has 22 heavy (non-hydrogen) atoms. The molecule has 114 valence electrons. The number of hydrogen-bond acceptors (Lipinski definition) is 5. The normalized spacial score (nSPS) is 15.8. The van der Waals surface area contributed by atoms with Gasteiger partial charge in [0, 0.05) is 18.5 Å². The zero-order valence-electron chi connectivity index (χ0n) is 12.0. The van der Waals surface area contributed by atoms with Gasteiger partial charge in [-0.15, -0.1) is 0 Å². The van der Waals surface area contributed by atoms with Gasteiger partial charge in [-0.1, -0.05) is 11.2 Å². The molecule has 6 heteroatoms. The van der Waals surface area contributed by atoms with E-state index in [2.05, 4.69) is 10.5 Å². The number of carbonyl (C=O) groups excluding carboxylic acids is 1. The Balaban J connectivity index is 1.31. The van der Waals surface area contributed by atoms with Crippen LogP contribution in [-0.4, -0.2) is 24.4 Å². The van der Waals surface area contributed by atoms with Gasteiger partial charge in [-0.25, -0.2) is 0 Å². The number of nitrogens with one attached hydrogen (secondary N) is 1. The predicted octanol–water partition coefficient (Wildman–Crippen LogP) is 2.25. The van der Waals surface area contributed by atoms with Gasteiger partial charge in [0.05, 0.1) is 0 Å². The standard InChI is InChI=1S/C16H16N2O4/c19-16(12-8-14(22-18-12)11-2-3-11)17-6-5-10-1-4-13-15(7-10)21-9-20-13/h1,4,7-8,11H,2-3,5-6,9H2,(H,17,19). The molecule has 1 amide bonds. The summed E-state index contributed by atoms with van der Waals surface area (Å²) in [5, 5.41) is 6.68. The van der Waals surface area contributed by atoms with Crippen LogP contribution in [0.4, 0.5) is 0 Å². The molecule has 4 rings (SSSR count). The van der Waals surface area contributed by atoms with E-state index in [4.69, 9.17) is 14.0 Å². The average Bonchev–Trinajstić information content (AvgIpc) is 3.08. The maximum atomic E-state index is 12.0. The summed E-state index contributed by atoms with van der Waals surface area (Å²) in [6, 6.07) is 7.55.